The van der Waals surface area contributed by atoms with Crippen LogP contribution in [0.2, 0.25) is 0 Å². The van der Waals surface area contributed by atoms with Crippen LogP contribution in [0.1, 0.15) is 0 Å². The number of ether oxygens (including phenoxy) is 1. The summed E-state index contributed by atoms with van der Waals surface area (Å²) in [5, 5.41) is 3.70. The van der Waals surface area contributed by atoms with Crippen molar-refractivity contribution in [2.45, 2.75) is 0 Å². The zero-order chi connectivity index (χ0) is 6.97. The van der Waals surface area contributed by atoms with Crippen LogP contribution in [0.4, 0.5) is 0 Å². The Kier molecular flexibility index (Phi) is 1.20. The van der Waals surface area contributed by atoms with Gasteiger partial charge in [-0.3, -0.25) is 0 Å². The minimum absolute atomic E-state index is 0.225. The molecule has 0 aromatic heterocycles. The first-order valence-corrected chi connectivity index (χ1v) is 3.78. The summed E-state index contributed by atoms with van der Waals surface area (Å²) in [7, 11) is 0. The Morgan fingerprint density at radius 1 is 1.70 bits per heavy atom. The molecule has 0 bridgehead atoms. The average Bonchev–Trinajstić information content (AvgIpc) is 2.34. The molecule has 1 saturated heterocycles. The lowest BCUT2D eigenvalue weighted by atomic mass is 10.5. The molecule has 2 aliphatic heterocycles. The van der Waals surface area contributed by atoms with E-state index in [-0.39, 0.29) is 5.97 Å². The summed E-state index contributed by atoms with van der Waals surface area (Å²) >= 11 is 1.49. The molecule has 1 fully saturated rings. The number of carbonyl (C=O) groups excluding carboxylic acids is 1. The monoisotopic (exact) mass is 155 g/mol. The van der Waals surface area contributed by atoms with Crippen molar-refractivity contribution in [3.8, 4) is 0 Å². The molecular weight excluding hydrogens is 150 g/mol. The fourth-order valence-electron chi connectivity index (χ4n) is 0.840. The topological polar surface area (TPSA) is 29.5 Å². The summed E-state index contributed by atoms with van der Waals surface area (Å²) < 4.78 is 4.75. The van der Waals surface area contributed by atoms with Gasteiger partial charge in [0.1, 0.15) is 5.70 Å². The van der Waals surface area contributed by atoms with Gasteiger partial charge in [0.15, 0.2) is 6.73 Å². The highest BCUT2D eigenvalue weighted by molar-refractivity contribution is 8.05. The van der Waals surface area contributed by atoms with Crippen LogP contribution in [0.5, 0.6) is 0 Å². The molecule has 52 valence electrons. The quantitative estimate of drug-likeness (QED) is 0.485. The van der Waals surface area contributed by atoms with Gasteiger partial charge in [-0.05, 0) is 5.41 Å². The number of fused-ring (bicyclic) bond motifs is 1. The van der Waals surface area contributed by atoms with E-state index in [0.29, 0.717) is 12.4 Å². The van der Waals surface area contributed by atoms with Gasteiger partial charge >= 0.3 is 5.97 Å². The number of nitrogens with zero attached hydrogens (tertiary/aromatic N) is 1. The van der Waals surface area contributed by atoms with Crippen molar-refractivity contribution in [2.24, 2.45) is 0 Å². The van der Waals surface area contributed by atoms with Gasteiger partial charge < -0.3 is 9.64 Å². The molecule has 0 aliphatic carbocycles. The summed E-state index contributed by atoms with van der Waals surface area (Å²) in [5.41, 5.74) is 0.646. The molecule has 2 rings (SSSR count). The second kappa shape index (κ2) is 2.05. The summed E-state index contributed by atoms with van der Waals surface area (Å²) in [6.45, 7) is 0.363. The third kappa shape index (κ3) is 0.724. The maximum absolute atomic E-state index is 10.8. The largest absolute Gasteiger partial charge is 0.439 e. The maximum atomic E-state index is 10.8. The highest BCUT2D eigenvalue weighted by atomic mass is 32.2. The van der Waals surface area contributed by atoms with E-state index in [9.17, 15) is 4.79 Å². The Balaban J connectivity index is 2.32. The summed E-state index contributed by atoms with van der Waals surface area (Å²) in [5.74, 6) is -0.225. The van der Waals surface area contributed by atoms with Gasteiger partial charge in [-0.2, -0.15) is 0 Å². The van der Waals surface area contributed by atoms with Crippen LogP contribution >= 0.6 is 11.8 Å². The Hall–Kier alpha value is -0.900. The second-order valence-corrected chi connectivity index (χ2v) is 2.74. The minimum atomic E-state index is -0.225. The van der Waals surface area contributed by atoms with Gasteiger partial charge in [0.2, 0.25) is 0 Å². The fraction of sp³-hybridized carbons (Fsp3) is 0.167. The zero-order valence-corrected chi connectivity index (χ0v) is 5.93. The minimum Gasteiger partial charge on any atom is -0.439 e. The van der Waals surface area contributed by atoms with E-state index in [0.717, 1.165) is 0 Å². The van der Waals surface area contributed by atoms with Crippen LogP contribution in [0.25, 0.3) is 0 Å². The highest BCUT2D eigenvalue weighted by Crippen LogP contribution is 2.24. The first-order valence-electron chi connectivity index (χ1n) is 2.84. The molecule has 2 aliphatic rings. The number of carbonyl (C=O) groups is 1. The first-order chi connectivity index (χ1) is 4.88. The second-order valence-electron chi connectivity index (χ2n) is 1.96. The molecule has 3 nitrogen and oxygen atoms in total. The van der Waals surface area contributed by atoms with Gasteiger partial charge in [-0.15, -0.1) is 11.8 Å². The molecule has 0 aromatic carbocycles. The summed E-state index contributed by atoms with van der Waals surface area (Å²) in [6.07, 6.45) is 1.84. The van der Waals surface area contributed by atoms with Crippen LogP contribution in [0, 0.1) is 0 Å². The maximum Gasteiger partial charge on any atom is 0.357 e. The number of hydrogen-bond donors (Lipinski definition) is 0. The zero-order valence-electron chi connectivity index (χ0n) is 5.11. The van der Waals surface area contributed by atoms with Crippen molar-refractivity contribution in [3.05, 3.63) is 22.7 Å². The molecule has 0 radical (unpaired) electrons. The molecule has 10 heavy (non-hydrogen) atoms. The van der Waals surface area contributed by atoms with Gasteiger partial charge in [-0.25, -0.2) is 4.79 Å². The van der Waals surface area contributed by atoms with Crippen LogP contribution in [0.3, 0.4) is 0 Å². The van der Waals surface area contributed by atoms with E-state index in [1.54, 1.807) is 10.3 Å². The third-order valence-electron chi connectivity index (χ3n) is 1.35. The van der Waals surface area contributed by atoms with Crippen molar-refractivity contribution in [1.82, 2.24) is 4.90 Å². The predicted molar refractivity (Wildman–Crippen MR) is 37.6 cm³/mol. The Morgan fingerprint density at radius 3 is 3.40 bits per heavy atom. The van der Waals surface area contributed by atoms with Crippen LogP contribution in [-0.4, -0.2) is 17.6 Å². The number of rotatable bonds is 0. The Labute approximate surface area is 62.3 Å². The van der Waals surface area contributed by atoms with Crippen LogP contribution < -0.4 is 0 Å². The smallest absolute Gasteiger partial charge is 0.357 e. The molecule has 0 N–H and O–H groups in total. The standard InChI is InChI=1S/C6H5NO2S/c8-6-5-3-10-2-1-7(5)4-9-6/h1-3H,4H2. The van der Waals surface area contributed by atoms with Crippen molar-refractivity contribution < 1.29 is 9.53 Å². The highest BCUT2D eigenvalue weighted by Gasteiger charge is 2.26. The molecular formula is C6H5NO2S. The van der Waals surface area contributed by atoms with Gasteiger partial charge in [0, 0.05) is 11.6 Å². The molecule has 0 amide bonds. The normalized spacial score (nSPS) is 22.2. The third-order valence-corrected chi connectivity index (χ3v) is 1.99. The SMILES string of the molecule is O=C1OCN2C=CSC=C12. The number of esters is 1. The number of hydrogen-bond acceptors (Lipinski definition) is 4. The molecule has 0 saturated carbocycles. The molecule has 4 heteroatoms. The lowest BCUT2D eigenvalue weighted by Crippen LogP contribution is -2.11. The van der Waals surface area contributed by atoms with E-state index in [1.165, 1.54) is 11.8 Å². The summed E-state index contributed by atoms with van der Waals surface area (Å²) in [4.78, 5) is 12.6. The molecule has 0 atom stereocenters. The first kappa shape index (κ1) is 5.85. The van der Waals surface area contributed by atoms with E-state index in [4.69, 9.17) is 4.74 Å². The van der Waals surface area contributed by atoms with E-state index in [2.05, 4.69) is 0 Å². The lowest BCUT2D eigenvalue weighted by molar-refractivity contribution is -0.135. The van der Waals surface area contributed by atoms with Gasteiger partial charge in [-0.1, -0.05) is 0 Å². The molecule has 0 aromatic rings. The number of cyclic esters (lactones) is 1. The number of thioether (sulfide) groups is 1. The van der Waals surface area contributed by atoms with Crippen LogP contribution in [-0.2, 0) is 9.53 Å². The Bertz CT molecular complexity index is 234. The lowest BCUT2D eigenvalue weighted by Gasteiger charge is -2.11. The fourth-order valence-corrected chi connectivity index (χ4v) is 1.50. The molecule has 0 unspecified atom stereocenters. The average molecular weight is 155 g/mol. The van der Waals surface area contributed by atoms with Crippen molar-refractivity contribution in [3.63, 3.8) is 0 Å². The van der Waals surface area contributed by atoms with Crippen molar-refractivity contribution in [1.29, 1.82) is 0 Å². The van der Waals surface area contributed by atoms with Crippen molar-refractivity contribution >= 4 is 17.7 Å². The van der Waals surface area contributed by atoms with Crippen molar-refractivity contribution in [2.75, 3.05) is 6.73 Å². The van der Waals surface area contributed by atoms with Gasteiger partial charge in [0.25, 0.3) is 0 Å². The van der Waals surface area contributed by atoms with Gasteiger partial charge in [0.05, 0.1) is 0 Å². The Morgan fingerprint density at radius 2 is 2.60 bits per heavy atom. The van der Waals surface area contributed by atoms with E-state index in [1.807, 2.05) is 11.6 Å². The predicted octanol–water partition coefficient (Wildman–Crippen LogP) is 0.862. The molecule has 2 heterocycles. The van der Waals surface area contributed by atoms with Crippen LogP contribution in [0.15, 0.2) is 22.7 Å². The summed E-state index contributed by atoms with van der Waals surface area (Å²) in [6, 6.07) is 0. The van der Waals surface area contributed by atoms with E-state index < -0.39 is 0 Å². The van der Waals surface area contributed by atoms with E-state index >= 15 is 0 Å². The molecule has 0 spiro atoms.